The highest BCUT2D eigenvalue weighted by Crippen LogP contribution is 2.24. The smallest absolute Gasteiger partial charge is 0.234 e. The van der Waals surface area contributed by atoms with Crippen molar-refractivity contribution in [1.82, 2.24) is 20.0 Å². The third-order valence-corrected chi connectivity index (χ3v) is 5.73. The fourth-order valence-corrected chi connectivity index (χ4v) is 4.12. The van der Waals surface area contributed by atoms with Gasteiger partial charge in [-0.25, -0.2) is 9.99 Å². The number of para-hydroxylation sites is 2. The van der Waals surface area contributed by atoms with Gasteiger partial charge in [0.2, 0.25) is 11.9 Å². The molecule has 0 unspecified atom stereocenters. The predicted molar refractivity (Wildman–Crippen MR) is 127 cm³/mol. The molecule has 0 atom stereocenters. The topological polar surface area (TPSA) is 70.5 Å². The lowest BCUT2D eigenvalue weighted by atomic mass is 10.1. The number of imidazole rings is 1. The van der Waals surface area contributed by atoms with Gasteiger partial charge < -0.3 is 9.47 Å². The monoisotopic (exact) mass is 433 g/mol. The number of carbonyl (C=O) groups excluding carboxylic acids is 2. The number of anilines is 1. The standard InChI is InChI=1S/C25H31N5O2/c1-19(2)18-24(32)27-29-16-14-28(15-17-29)25-26-21-10-6-7-11-22(21)30(25)13-12-23(31)20-8-4-3-5-9-20/h3-11,19H,12-18H2,1-2H3,(H,27,32). The maximum Gasteiger partial charge on any atom is 0.234 e. The fraction of sp³-hybridized carbons (Fsp3) is 0.400. The number of nitrogens with one attached hydrogen (secondary N) is 1. The van der Waals surface area contributed by atoms with Crippen LogP contribution in [0.15, 0.2) is 54.6 Å². The molecule has 2 heterocycles. The van der Waals surface area contributed by atoms with Crippen molar-refractivity contribution in [2.45, 2.75) is 33.2 Å². The van der Waals surface area contributed by atoms with Crippen molar-refractivity contribution in [3.63, 3.8) is 0 Å². The number of hydrazine groups is 1. The number of amides is 1. The van der Waals surface area contributed by atoms with Crippen LogP contribution in [-0.4, -0.2) is 52.4 Å². The number of piperazine rings is 1. The largest absolute Gasteiger partial charge is 0.340 e. The van der Waals surface area contributed by atoms with Crippen LogP contribution in [0.25, 0.3) is 11.0 Å². The zero-order chi connectivity index (χ0) is 22.5. The number of aryl methyl sites for hydroxylation is 1. The molecule has 168 valence electrons. The number of Topliss-reactive ketones (excluding diaryl/α,β-unsaturated/α-hetero) is 1. The minimum Gasteiger partial charge on any atom is -0.340 e. The van der Waals surface area contributed by atoms with E-state index in [1.165, 1.54) is 0 Å². The molecule has 1 amide bonds. The first-order valence-corrected chi connectivity index (χ1v) is 11.3. The van der Waals surface area contributed by atoms with E-state index >= 15 is 0 Å². The second-order valence-electron chi connectivity index (χ2n) is 8.70. The Morgan fingerprint density at radius 3 is 2.38 bits per heavy atom. The summed E-state index contributed by atoms with van der Waals surface area (Å²) in [6, 6.07) is 17.5. The third-order valence-electron chi connectivity index (χ3n) is 5.73. The van der Waals surface area contributed by atoms with Crippen molar-refractivity contribution in [1.29, 1.82) is 0 Å². The molecule has 0 aliphatic carbocycles. The Bertz CT molecular complexity index is 1070. The summed E-state index contributed by atoms with van der Waals surface area (Å²) in [4.78, 5) is 31.9. The van der Waals surface area contributed by atoms with Crippen molar-refractivity contribution in [3.05, 3.63) is 60.2 Å². The highest BCUT2D eigenvalue weighted by molar-refractivity contribution is 5.96. The Balaban J connectivity index is 1.46. The van der Waals surface area contributed by atoms with Crippen molar-refractivity contribution in [2.24, 2.45) is 5.92 Å². The first-order valence-electron chi connectivity index (χ1n) is 11.3. The van der Waals surface area contributed by atoms with E-state index in [1.807, 2.05) is 67.4 Å². The quantitative estimate of drug-likeness (QED) is 0.551. The van der Waals surface area contributed by atoms with Gasteiger partial charge in [0.25, 0.3) is 0 Å². The normalized spacial score (nSPS) is 14.8. The van der Waals surface area contributed by atoms with E-state index < -0.39 is 0 Å². The maximum absolute atomic E-state index is 12.7. The van der Waals surface area contributed by atoms with Crippen molar-refractivity contribution < 1.29 is 9.59 Å². The molecule has 0 saturated carbocycles. The first kappa shape index (κ1) is 22.0. The van der Waals surface area contributed by atoms with E-state index in [0.29, 0.717) is 25.3 Å². The minimum absolute atomic E-state index is 0.0695. The average molecular weight is 434 g/mol. The number of rotatable bonds is 8. The average Bonchev–Trinajstić information content (AvgIpc) is 3.16. The molecule has 1 saturated heterocycles. The summed E-state index contributed by atoms with van der Waals surface area (Å²) in [6.45, 7) is 7.66. The molecule has 1 aliphatic rings. The third kappa shape index (κ3) is 5.16. The summed E-state index contributed by atoms with van der Waals surface area (Å²) in [6.07, 6.45) is 0.952. The summed E-state index contributed by atoms with van der Waals surface area (Å²) in [5, 5.41) is 1.99. The molecular weight excluding hydrogens is 402 g/mol. The number of fused-ring (bicyclic) bond motifs is 1. The first-order chi connectivity index (χ1) is 15.5. The van der Waals surface area contributed by atoms with E-state index in [1.54, 1.807) is 0 Å². The van der Waals surface area contributed by atoms with Gasteiger partial charge in [-0.15, -0.1) is 0 Å². The number of carbonyl (C=O) groups is 2. The SMILES string of the molecule is CC(C)CC(=O)NN1CCN(c2nc3ccccc3n2CCC(=O)c2ccccc2)CC1. The molecule has 2 aromatic carbocycles. The van der Waals surface area contributed by atoms with Crippen LogP contribution in [0.4, 0.5) is 5.95 Å². The molecule has 3 aromatic rings. The molecule has 1 aromatic heterocycles. The second-order valence-corrected chi connectivity index (χ2v) is 8.70. The van der Waals surface area contributed by atoms with Crippen molar-refractivity contribution in [3.8, 4) is 0 Å². The predicted octanol–water partition coefficient (Wildman–Crippen LogP) is 3.51. The van der Waals surface area contributed by atoms with Crippen LogP contribution in [0.3, 0.4) is 0 Å². The molecule has 0 bridgehead atoms. The number of hydrogen-bond acceptors (Lipinski definition) is 5. The Morgan fingerprint density at radius 2 is 1.66 bits per heavy atom. The minimum atomic E-state index is 0.0695. The number of benzene rings is 2. The molecule has 7 heteroatoms. The summed E-state index contributed by atoms with van der Waals surface area (Å²) >= 11 is 0. The van der Waals surface area contributed by atoms with Gasteiger partial charge in [0.05, 0.1) is 11.0 Å². The van der Waals surface area contributed by atoms with Gasteiger partial charge in [0.15, 0.2) is 5.78 Å². The number of nitrogens with zero attached hydrogens (tertiary/aromatic N) is 4. The van der Waals surface area contributed by atoms with Gasteiger partial charge >= 0.3 is 0 Å². The Labute approximate surface area is 189 Å². The zero-order valence-electron chi connectivity index (χ0n) is 18.8. The van der Waals surface area contributed by atoms with Gasteiger partial charge in [0, 0.05) is 51.1 Å². The van der Waals surface area contributed by atoms with Crippen LogP contribution in [0.2, 0.25) is 0 Å². The lowest BCUT2D eigenvalue weighted by molar-refractivity contribution is -0.126. The lowest BCUT2D eigenvalue weighted by Crippen LogP contribution is -2.54. The van der Waals surface area contributed by atoms with Gasteiger partial charge in [-0.2, -0.15) is 0 Å². The summed E-state index contributed by atoms with van der Waals surface area (Å²) in [5.41, 5.74) is 5.73. The Morgan fingerprint density at radius 1 is 0.969 bits per heavy atom. The molecule has 0 radical (unpaired) electrons. The molecule has 1 fully saturated rings. The maximum atomic E-state index is 12.7. The fourth-order valence-electron chi connectivity index (χ4n) is 4.12. The number of ketones is 1. The molecular formula is C25H31N5O2. The van der Waals surface area contributed by atoms with Gasteiger partial charge in [-0.05, 0) is 18.1 Å². The van der Waals surface area contributed by atoms with E-state index in [9.17, 15) is 9.59 Å². The molecule has 1 aliphatic heterocycles. The summed E-state index contributed by atoms with van der Waals surface area (Å²) in [7, 11) is 0. The zero-order valence-corrected chi connectivity index (χ0v) is 18.8. The number of hydrogen-bond donors (Lipinski definition) is 1. The second kappa shape index (κ2) is 9.96. The molecule has 4 rings (SSSR count). The highest BCUT2D eigenvalue weighted by Gasteiger charge is 2.23. The summed E-state index contributed by atoms with van der Waals surface area (Å²) < 4.78 is 2.16. The van der Waals surface area contributed by atoms with Crippen molar-refractivity contribution in [2.75, 3.05) is 31.1 Å². The lowest BCUT2D eigenvalue weighted by Gasteiger charge is -2.35. The van der Waals surface area contributed by atoms with E-state index in [-0.39, 0.29) is 11.7 Å². The van der Waals surface area contributed by atoms with Crippen LogP contribution in [0, 0.1) is 5.92 Å². The molecule has 1 N–H and O–H groups in total. The molecule has 7 nitrogen and oxygen atoms in total. The van der Waals surface area contributed by atoms with E-state index in [0.717, 1.165) is 48.7 Å². The van der Waals surface area contributed by atoms with Gasteiger partial charge in [0.1, 0.15) is 0 Å². The Kier molecular flexibility index (Phi) is 6.85. The molecule has 32 heavy (non-hydrogen) atoms. The van der Waals surface area contributed by atoms with Crippen LogP contribution in [-0.2, 0) is 11.3 Å². The van der Waals surface area contributed by atoms with Crippen LogP contribution >= 0.6 is 0 Å². The Hall–Kier alpha value is -3.19. The van der Waals surface area contributed by atoms with Crippen molar-refractivity contribution >= 4 is 28.7 Å². The van der Waals surface area contributed by atoms with Crippen LogP contribution < -0.4 is 10.3 Å². The van der Waals surface area contributed by atoms with Crippen LogP contribution in [0.1, 0.15) is 37.0 Å². The highest BCUT2D eigenvalue weighted by atomic mass is 16.2. The van der Waals surface area contributed by atoms with Crippen LogP contribution in [0.5, 0.6) is 0 Å². The van der Waals surface area contributed by atoms with Gasteiger partial charge in [-0.3, -0.25) is 15.0 Å². The van der Waals surface area contributed by atoms with E-state index in [4.69, 9.17) is 4.98 Å². The number of aromatic nitrogens is 2. The summed E-state index contributed by atoms with van der Waals surface area (Å²) in [5.74, 6) is 1.43. The molecule has 0 spiro atoms. The van der Waals surface area contributed by atoms with E-state index in [2.05, 4.69) is 21.0 Å². The van der Waals surface area contributed by atoms with Gasteiger partial charge in [-0.1, -0.05) is 56.3 Å².